The van der Waals surface area contributed by atoms with Gasteiger partial charge < -0.3 is 11.5 Å². The van der Waals surface area contributed by atoms with Crippen molar-refractivity contribution < 1.29 is 4.79 Å². The molecule has 0 rings (SSSR count). The average molecular weight is 369 g/mol. The third-order valence-electron chi connectivity index (χ3n) is 5.47. The molecular formula is C23H48N2O. The van der Waals surface area contributed by atoms with Crippen LogP contribution in [0.25, 0.3) is 0 Å². The fourth-order valence-electron chi connectivity index (χ4n) is 3.46. The van der Waals surface area contributed by atoms with Gasteiger partial charge in [-0.25, -0.2) is 0 Å². The molecule has 0 aromatic carbocycles. The molecule has 0 aromatic rings. The minimum absolute atomic E-state index is 0.246. The van der Waals surface area contributed by atoms with Gasteiger partial charge in [0.1, 0.15) is 5.78 Å². The highest BCUT2D eigenvalue weighted by Gasteiger charge is 2.15. The van der Waals surface area contributed by atoms with Crippen LogP contribution in [-0.4, -0.2) is 18.4 Å². The van der Waals surface area contributed by atoms with E-state index in [2.05, 4.69) is 0 Å². The van der Waals surface area contributed by atoms with Crippen LogP contribution >= 0.6 is 0 Å². The molecule has 0 aliphatic rings. The van der Waals surface area contributed by atoms with Gasteiger partial charge in [0.05, 0.1) is 6.04 Å². The van der Waals surface area contributed by atoms with Crippen molar-refractivity contribution in [1.29, 1.82) is 0 Å². The van der Waals surface area contributed by atoms with Crippen LogP contribution in [0.5, 0.6) is 0 Å². The van der Waals surface area contributed by atoms with E-state index in [1.807, 2.05) is 13.8 Å². The van der Waals surface area contributed by atoms with Gasteiger partial charge in [0, 0.05) is 6.42 Å². The van der Waals surface area contributed by atoms with E-state index in [0.29, 0.717) is 6.42 Å². The molecule has 0 fully saturated rings. The molecule has 0 radical (unpaired) electrons. The number of carbonyl (C=O) groups is 1. The largest absolute Gasteiger partial charge is 0.330 e. The van der Waals surface area contributed by atoms with Gasteiger partial charge in [-0.15, -0.1) is 0 Å². The summed E-state index contributed by atoms with van der Waals surface area (Å²) < 4.78 is 0. The highest BCUT2D eigenvalue weighted by atomic mass is 16.1. The molecule has 0 aliphatic heterocycles. The minimum Gasteiger partial charge on any atom is -0.330 e. The number of rotatable bonds is 20. The fourth-order valence-corrected chi connectivity index (χ4v) is 3.46. The van der Waals surface area contributed by atoms with Crippen molar-refractivity contribution in [2.75, 3.05) is 6.54 Å². The van der Waals surface area contributed by atoms with Crippen molar-refractivity contribution in [1.82, 2.24) is 0 Å². The Morgan fingerprint density at radius 2 is 0.923 bits per heavy atom. The average Bonchev–Trinajstić information content (AvgIpc) is 2.63. The first kappa shape index (κ1) is 25.6. The Hall–Kier alpha value is -0.410. The number of carbonyl (C=O) groups excluding carboxylic acids is 1. The maximum Gasteiger partial charge on any atom is 0.149 e. The van der Waals surface area contributed by atoms with Gasteiger partial charge in [0.25, 0.3) is 0 Å². The molecule has 0 heterocycles. The number of hydrogen-bond donors (Lipinski definition) is 2. The standard InChI is InChI=1S/C23H48N2O/c1-21(2)23(25)22(26)19-17-15-13-11-9-7-5-3-4-6-8-10-12-14-16-18-20-24/h21,23H,3-20,24-25H2,1-2H3. The van der Waals surface area contributed by atoms with Crippen molar-refractivity contribution in [2.24, 2.45) is 17.4 Å². The van der Waals surface area contributed by atoms with Gasteiger partial charge in [0.15, 0.2) is 0 Å². The second-order valence-electron chi connectivity index (χ2n) is 8.43. The molecular weight excluding hydrogens is 320 g/mol. The summed E-state index contributed by atoms with van der Waals surface area (Å²) in [5.41, 5.74) is 11.4. The summed E-state index contributed by atoms with van der Waals surface area (Å²) in [6.07, 6.45) is 22.0. The maximum atomic E-state index is 11.8. The summed E-state index contributed by atoms with van der Waals surface area (Å²) in [6.45, 7) is 4.90. The van der Waals surface area contributed by atoms with Crippen LogP contribution in [0.1, 0.15) is 123 Å². The van der Waals surface area contributed by atoms with Gasteiger partial charge in [-0.05, 0) is 25.3 Å². The lowest BCUT2D eigenvalue weighted by Crippen LogP contribution is -2.35. The van der Waals surface area contributed by atoms with E-state index < -0.39 is 0 Å². The molecule has 3 heteroatoms. The Morgan fingerprint density at radius 1 is 0.615 bits per heavy atom. The lowest BCUT2D eigenvalue weighted by molar-refractivity contribution is -0.121. The van der Waals surface area contributed by atoms with Crippen molar-refractivity contribution in [3.8, 4) is 0 Å². The third kappa shape index (κ3) is 17.0. The number of unbranched alkanes of at least 4 members (excludes halogenated alkanes) is 15. The summed E-state index contributed by atoms with van der Waals surface area (Å²) in [5, 5.41) is 0. The molecule has 0 saturated carbocycles. The molecule has 0 saturated heterocycles. The molecule has 3 nitrogen and oxygen atoms in total. The smallest absolute Gasteiger partial charge is 0.149 e. The fraction of sp³-hybridized carbons (Fsp3) is 0.957. The lowest BCUT2D eigenvalue weighted by Gasteiger charge is -2.13. The molecule has 0 aromatic heterocycles. The number of hydrogen-bond acceptors (Lipinski definition) is 3. The van der Waals surface area contributed by atoms with E-state index in [0.717, 1.165) is 13.0 Å². The summed E-state index contributed by atoms with van der Waals surface area (Å²) in [4.78, 5) is 11.8. The molecule has 0 spiro atoms. The van der Waals surface area contributed by atoms with E-state index in [9.17, 15) is 4.79 Å². The highest BCUT2D eigenvalue weighted by Crippen LogP contribution is 2.14. The second kappa shape index (κ2) is 19.4. The normalized spacial score (nSPS) is 12.7. The lowest BCUT2D eigenvalue weighted by atomic mass is 9.97. The van der Waals surface area contributed by atoms with Crippen LogP contribution in [0.3, 0.4) is 0 Å². The Morgan fingerprint density at radius 3 is 1.23 bits per heavy atom. The number of Topliss-reactive ketones (excluding diaryl/α,β-unsaturated/α-hetero) is 1. The summed E-state index contributed by atoms with van der Waals surface area (Å²) in [5.74, 6) is 0.513. The van der Waals surface area contributed by atoms with Gasteiger partial charge in [-0.1, -0.05) is 104 Å². The van der Waals surface area contributed by atoms with Crippen LogP contribution in [0.4, 0.5) is 0 Å². The zero-order valence-electron chi connectivity index (χ0n) is 17.9. The predicted octanol–water partition coefficient (Wildman–Crippen LogP) is 6.13. The molecule has 0 aliphatic carbocycles. The topological polar surface area (TPSA) is 69.1 Å². The summed E-state index contributed by atoms with van der Waals surface area (Å²) in [6, 6.07) is -0.258. The molecule has 0 bridgehead atoms. The SMILES string of the molecule is CC(C)C(N)C(=O)CCCCCCCCCCCCCCCCCCN. The maximum absolute atomic E-state index is 11.8. The van der Waals surface area contributed by atoms with Gasteiger partial charge in [0.2, 0.25) is 0 Å². The Kier molecular flexibility index (Phi) is 19.0. The Balaban J connectivity index is 3.15. The first-order valence-corrected chi connectivity index (χ1v) is 11.6. The Labute approximate surface area is 164 Å². The number of ketones is 1. The molecule has 26 heavy (non-hydrogen) atoms. The van der Waals surface area contributed by atoms with Crippen molar-refractivity contribution in [3.63, 3.8) is 0 Å². The highest BCUT2D eigenvalue weighted by molar-refractivity contribution is 5.83. The summed E-state index contributed by atoms with van der Waals surface area (Å²) in [7, 11) is 0. The first-order chi connectivity index (χ1) is 12.6. The first-order valence-electron chi connectivity index (χ1n) is 11.6. The predicted molar refractivity (Wildman–Crippen MR) is 115 cm³/mol. The van der Waals surface area contributed by atoms with E-state index in [4.69, 9.17) is 11.5 Å². The molecule has 1 unspecified atom stereocenters. The van der Waals surface area contributed by atoms with E-state index in [-0.39, 0.29) is 17.7 Å². The van der Waals surface area contributed by atoms with Crippen LogP contribution < -0.4 is 11.5 Å². The van der Waals surface area contributed by atoms with Crippen LogP contribution in [-0.2, 0) is 4.79 Å². The van der Waals surface area contributed by atoms with Crippen molar-refractivity contribution >= 4 is 5.78 Å². The van der Waals surface area contributed by atoms with Crippen molar-refractivity contribution in [3.05, 3.63) is 0 Å². The van der Waals surface area contributed by atoms with Crippen LogP contribution in [0.2, 0.25) is 0 Å². The van der Waals surface area contributed by atoms with E-state index in [1.54, 1.807) is 0 Å². The molecule has 1 atom stereocenters. The van der Waals surface area contributed by atoms with Gasteiger partial charge in [-0.3, -0.25) is 4.79 Å². The zero-order valence-corrected chi connectivity index (χ0v) is 17.9. The summed E-state index contributed by atoms with van der Waals surface area (Å²) >= 11 is 0. The quantitative estimate of drug-likeness (QED) is 0.254. The molecule has 156 valence electrons. The van der Waals surface area contributed by atoms with Gasteiger partial charge >= 0.3 is 0 Å². The monoisotopic (exact) mass is 368 g/mol. The van der Waals surface area contributed by atoms with Crippen LogP contribution in [0, 0.1) is 5.92 Å². The van der Waals surface area contributed by atoms with E-state index in [1.165, 1.54) is 96.3 Å². The van der Waals surface area contributed by atoms with Crippen molar-refractivity contribution in [2.45, 2.75) is 129 Å². The third-order valence-corrected chi connectivity index (χ3v) is 5.47. The van der Waals surface area contributed by atoms with Crippen LogP contribution in [0.15, 0.2) is 0 Å². The van der Waals surface area contributed by atoms with Gasteiger partial charge in [-0.2, -0.15) is 0 Å². The molecule has 0 amide bonds. The minimum atomic E-state index is -0.258. The molecule has 4 N–H and O–H groups in total. The zero-order chi connectivity index (χ0) is 19.5. The second-order valence-corrected chi connectivity index (χ2v) is 8.43. The number of nitrogens with two attached hydrogens (primary N) is 2. The Bertz CT molecular complexity index is 305. The van der Waals surface area contributed by atoms with E-state index >= 15 is 0 Å².